The Labute approximate surface area is 200 Å². The molecule has 35 heavy (non-hydrogen) atoms. The molecule has 3 fully saturated rings. The summed E-state index contributed by atoms with van der Waals surface area (Å²) in [6.07, 6.45) is -2.12. The van der Waals surface area contributed by atoms with Gasteiger partial charge in [-0.15, -0.1) is 0 Å². The summed E-state index contributed by atoms with van der Waals surface area (Å²) in [6, 6.07) is 3.96. The second-order valence-corrected chi connectivity index (χ2v) is 10.0. The molecule has 4 atom stereocenters. The highest BCUT2D eigenvalue weighted by atomic mass is 19.3. The fourth-order valence-electron chi connectivity index (χ4n) is 5.44. The van der Waals surface area contributed by atoms with E-state index in [2.05, 4.69) is 15.5 Å². The number of hydrogen-bond acceptors (Lipinski definition) is 4. The van der Waals surface area contributed by atoms with Gasteiger partial charge in [0.15, 0.2) is 0 Å². The number of rotatable bonds is 7. The first-order valence-corrected chi connectivity index (χ1v) is 11.9. The lowest BCUT2D eigenvalue weighted by molar-refractivity contribution is 0.0937. The standard InChI is InChI=1S/C25H28F4N4O2/c1-12(15-4-3-5-16(22(15)27)24(28)29)30-25(35)19-11-33(14-6-13(26)7-14)21(34)8-20(19)31-23-17-9-32(2)10-18(17)23/h3-5,8,11-14,17-18,23-24,31H,6-7,9-10H2,1-2H3,(H,30,35)/t12-,13?,14?,17-,18+,23-/m1/s1. The average Bonchev–Trinajstić information content (AvgIpc) is 3.21. The van der Waals surface area contributed by atoms with Gasteiger partial charge in [0.2, 0.25) is 0 Å². The van der Waals surface area contributed by atoms with Crippen molar-refractivity contribution in [3.63, 3.8) is 0 Å². The van der Waals surface area contributed by atoms with Crippen LogP contribution in [-0.4, -0.2) is 47.7 Å². The van der Waals surface area contributed by atoms with Gasteiger partial charge in [0.05, 0.1) is 22.9 Å². The first kappa shape index (κ1) is 23.8. The van der Waals surface area contributed by atoms with E-state index < -0.39 is 35.9 Å². The number of likely N-dealkylation sites (tertiary alicyclic amines) is 1. The van der Waals surface area contributed by atoms with Gasteiger partial charge in [-0.25, -0.2) is 17.6 Å². The minimum absolute atomic E-state index is 0.0574. The van der Waals surface area contributed by atoms with Crippen LogP contribution in [0.4, 0.5) is 23.2 Å². The smallest absolute Gasteiger partial charge is 0.266 e. The monoisotopic (exact) mass is 492 g/mol. The minimum atomic E-state index is -2.98. The molecule has 1 saturated heterocycles. The van der Waals surface area contributed by atoms with Crippen molar-refractivity contribution in [3.8, 4) is 0 Å². The summed E-state index contributed by atoms with van der Waals surface area (Å²) < 4.78 is 55.7. The number of piperidine rings is 1. The molecule has 2 heterocycles. The van der Waals surface area contributed by atoms with Crippen LogP contribution in [0.1, 0.15) is 59.8 Å². The van der Waals surface area contributed by atoms with Crippen LogP contribution < -0.4 is 16.2 Å². The second kappa shape index (κ2) is 8.96. The number of nitrogens with zero attached hydrogens (tertiary/aromatic N) is 2. The lowest BCUT2D eigenvalue weighted by atomic mass is 9.90. The number of pyridine rings is 1. The molecule has 2 N–H and O–H groups in total. The molecular formula is C25H28F4N4O2. The molecule has 1 aromatic carbocycles. The van der Waals surface area contributed by atoms with Crippen molar-refractivity contribution in [1.82, 2.24) is 14.8 Å². The summed E-state index contributed by atoms with van der Waals surface area (Å²) >= 11 is 0. The SMILES string of the molecule is C[C@@H](NC(=O)c1cn(C2CC(F)C2)c(=O)cc1N[C@@H]1[C@@H]2CN(C)C[C@@H]21)c1cccc(C(F)F)c1F. The van der Waals surface area contributed by atoms with Gasteiger partial charge < -0.3 is 20.1 Å². The molecule has 1 aromatic heterocycles. The van der Waals surface area contributed by atoms with Crippen LogP contribution in [0.3, 0.4) is 0 Å². The van der Waals surface area contributed by atoms with Gasteiger partial charge in [-0.2, -0.15) is 0 Å². The van der Waals surface area contributed by atoms with Crippen molar-refractivity contribution in [2.45, 2.75) is 50.5 Å². The zero-order chi connectivity index (χ0) is 25.0. The molecule has 5 rings (SSSR count). The largest absolute Gasteiger partial charge is 0.381 e. The number of alkyl halides is 3. The Kier molecular flexibility index (Phi) is 6.11. The Morgan fingerprint density at radius 3 is 2.43 bits per heavy atom. The average molecular weight is 493 g/mol. The summed E-state index contributed by atoms with van der Waals surface area (Å²) in [5.74, 6) is -0.767. The molecular weight excluding hydrogens is 464 g/mol. The summed E-state index contributed by atoms with van der Waals surface area (Å²) in [4.78, 5) is 28.3. The number of aromatic nitrogens is 1. The fraction of sp³-hybridized carbons (Fsp3) is 0.520. The number of amides is 1. The van der Waals surface area contributed by atoms with Gasteiger partial charge in [-0.1, -0.05) is 18.2 Å². The van der Waals surface area contributed by atoms with E-state index in [1.807, 2.05) is 7.05 Å². The van der Waals surface area contributed by atoms with Gasteiger partial charge in [-0.05, 0) is 38.6 Å². The van der Waals surface area contributed by atoms with E-state index in [9.17, 15) is 27.2 Å². The molecule has 6 nitrogen and oxygen atoms in total. The van der Waals surface area contributed by atoms with E-state index in [1.165, 1.54) is 35.9 Å². The Hall–Kier alpha value is -2.88. The van der Waals surface area contributed by atoms with E-state index in [0.29, 0.717) is 17.5 Å². The number of carbonyl (C=O) groups is 1. The van der Waals surface area contributed by atoms with Crippen LogP contribution in [-0.2, 0) is 0 Å². The zero-order valence-corrected chi connectivity index (χ0v) is 19.5. The molecule has 1 aliphatic heterocycles. The van der Waals surface area contributed by atoms with Gasteiger partial charge in [0.1, 0.15) is 12.0 Å². The third kappa shape index (κ3) is 4.44. The molecule has 2 aromatic rings. The number of carbonyl (C=O) groups excluding carboxylic acids is 1. The predicted octanol–water partition coefficient (Wildman–Crippen LogP) is 4.06. The number of hydrogen-bond donors (Lipinski definition) is 2. The van der Waals surface area contributed by atoms with Crippen molar-refractivity contribution in [2.75, 3.05) is 25.5 Å². The van der Waals surface area contributed by atoms with E-state index in [1.54, 1.807) is 0 Å². The molecule has 2 saturated carbocycles. The summed E-state index contributed by atoms with van der Waals surface area (Å²) in [6.45, 7) is 3.37. The van der Waals surface area contributed by atoms with E-state index in [4.69, 9.17) is 0 Å². The van der Waals surface area contributed by atoms with Gasteiger partial charge in [0.25, 0.3) is 17.9 Å². The van der Waals surface area contributed by atoms with Gasteiger partial charge >= 0.3 is 0 Å². The van der Waals surface area contributed by atoms with E-state index in [0.717, 1.165) is 19.2 Å². The number of nitrogens with one attached hydrogen (secondary N) is 2. The molecule has 2 aliphatic carbocycles. The van der Waals surface area contributed by atoms with Gasteiger partial charge in [-0.3, -0.25) is 9.59 Å². The maximum Gasteiger partial charge on any atom is 0.266 e. The molecule has 188 valence electrons. The lowest BCUT2D eigenvalue weighted by Gasteiger charge is -2.32. The van der Waals surface area contributed by atoms with Crippen molar-refractivity contribution in [3.05, 3.63) is 63.3 Å². The molecule has 0 radical (unpaired) electrons. The minimum Gasteiger partial charge on any atom is -0.381 e. The normalized spacial score (nSPS) is 28.4. The number of fused-ring (bicyclic) bond motifs is 1. The Morgan fingerprint density at radius 1 is 1.14 bits per heavy atom. The quantitative estimate of drug-likeness (QED) is 0.573. The maximum absolute atomic E-state index is 14.6. The van der Waals surface area contributed by atoms with Crippen LogP contribution in [0.25, 0.3) is 0 Å². The van der Waals surface area contributed by atoms with Crippen molar-refractivity contribution >= 4 is 11.6 Å². The maximum atomic E-state index is 14.6. The highest BCUT2D eigenvalue weighted by Gasteiger charge is 2.55. The molecule has 0 bridgehead atoms. The van der Waals surface area contributed by atoms with Crippen LogP contribution in [0.5, 0.6) is 0 Å². The second-order valence-electron chi connectivity index (χ2n) is 10.0. The van der Waals surface area contributed by atoms with E-state index >= 15 is 0 Å². The van der Waals surface area contributed by atoms with Gasteiger partial charge in [0, 0.05) is 43.0 Å². The summed E-state index contributed by atoms with van der Waals surface area (Å²) in [5, 5.41) is 6.02. The van der Waals surface area contributed by atoms with Crippen molar-refractivity contribution in [2.24, 2.45) is 11.8 Å². The number of benzene rings is 1. The third-order valence-electron chi connectivity index (χ3n) is 7.58. The first-order valence-electron chi connectivity index (χ1n) is 11.9. The Morgan fingerprint density at radius 2 is 1.80 bits per heavy atom. The molecule has 0 spiro atoms. The first-order chi connectivity index (χ1) is 16.6. The topological polar surface area (TPSA) is 66.4 Å². The highest BCUT2D eigenvalue weighted by molar-refractivity contribution is 5.99. The molecule has 1 amide bonds. The fourth-order valence-corrected chi connectivity index (χ4v) is 5.44. The molecule has 10 heteroatoms. The Bertz CT molecular complexity index is 1180. The number of halogens is 4. The molecule has 3 aliphatic rings. The summed E-state index contributed by atoms with van der Waals surface area (Å²) in [7, 11) is 2.05. The third-order valence-corrected chi connectivity index (χ3v) is 7.58. The van der Waals surface area contributed by atoms with E-state index in [-0.39, 0.29) is 41.6 Å². The number of anilines is 1. The highest BCUT2D eigenvalue weighted by Crippen LogP contribution is 2.47. The van der Waals surface area contributed by atoms with Crippen molar-refractivity contribution in [1.29, 1.82) is 0 Å². The molecule has 0 unspecified atom stereocenters. The predicted molar refractivity (Wildman–Crippen MR) is 123 cm³/mol. The zero-order valence-electron chi connectivity index (χ0n) is 19.5. The van der Waals surface area contributed by atoms with Crippen LogP contribution in [0.15, 0.2) is 35.3 Å². The van der Waals surface area contributed by atoms with Crippen LogP contribution in [0, 0.1) is 17.7 Å². The van der Waals surface area contributed by atoms with Crippen molar-refractivity contribution < 1.29 is 22.4 Å². The Balaban J connectivity index is 1.41. The van der Waals surface area contributed by atoms with Crippen LogP contribution >= 0.6 is 0 Å². The van der Waals surface area contributed by atoms with Crippen LogP contribution in [0.2, 0.25) is 0 Å². The lowest BCUT2D eigenvalue weighted by Crippen LogP contribution is -2.37. The summed E-state index contributed by atoms with van der Waals surface area (Å²) in [5.41, 5.74) is -0.556.